The summed E-state index contributed by atoms with van der Waals surface area (Å²) in [5.74, 6) is 0. The van der Waals surface area contributed by atoms with Crippen molar-refractivity contribution >= 4 is 12.4 Å². The number of halogens is 1. The molecule has 0 aromatic heterocycles. The second-order valence-electron chi connectivity index (χ2n) is 4.65. The standard InChI is InChI=1S/C13H20N2.ClH/c1-15-9-7-13(11-14,8-10-15)12-5-3-2-4-6-12;/h2-6H,7-11,14H2,1H3;1H. The Hall–Kier alpha value is -0.570. The van der Waals surface area contributed by atoms with E-state index in [0.29, 0.717) is 0 Å². The summed E-state index contributed by atoms with van der Waals surface area (Å²) in [6, 6.07) is 10.7. The Bertz CT molecular complexity index is 305. The van der Waals surface area contributed by atoms with Crippen molar-refractivity contribution in [3.05, 3.63) is 35.9 Å². The van der Waals surface area contributed by atoms with Crippen molar-refractivity contribution in [3.8, 4) is 0 Å². The highest BCUT2D eigenvalue weighted by atomic mass is 35.5. The van der Waals surface area contributed by atoms with Crippen molar-refractivity contribution in [1.29, 1.82) is 0 Å². The quantitative estimate of drug-likeness (QED) is 0.857. The van der Waals surface area contributed by atoms with Crippen molar-refractivity contribution in [3.63, 3.8) is 0 Å². The molecular formula is C13H21ClN2. The van der Waals surface area contributed by atoms with Crippen LogP contribution in [0.2, 0.25) is 0 Å². The van der Waals surface area contributed by atoms with Gasteiger partial charge in [-0.3, -0.25) is 0 Å². The van der Waals surface area contributed by atoms with Gasteiger partial charge >= 0.3 is 0 Å². The van der Waals surface area contributed by atoms with Crippen LogP contribution in [-0.4, -0.2) is 31.6 Å². The number of rotatable bonds is 2. The van der Waals surface area contributed by atoms with Crippen molar-refractivity contribution in [2.24, 2.45) is 5.73 Å². The fourth-order valence-electron chi connectivity index (χ4n) is 2.45. The van der Waals surface area contributed by atoms with Crippen molar-refractivity contribution in [2.75, 3.05) is 26.7 Å². The van der Waals surface area contributed by atoms with Gasteiger partial charge < -0.3 is 10.6 Å². The van der Waals surface area contributed by atoms with E-state index in [4.69, 9.17) is 5.73 Å². The first-order valence-electron chi connectivity index (χ1n) is 5.71. The first kappa shape index (κ1) is 13.5. The minimum Gasteiger partial charge on any atom is -0.330 e. The summed E-state index contributed by atoms with van der Waals surface area (Å²) in [4.78, 5) is 2.39. The van der Waals surface area contributed by atoms with Gasteiger partial charge in [0.05, 0.1) is 0 Å². The van der Waals surface area contributed by atoms with E-state index in [0.717, 1.165) is 19.6 Å². The van der Waals surface area contributed by atoms with Gasteiger partial charge in [0.2, 0.25) is 0 Å². The summed E-state index contributed by atoms with van der Waals surface area (Å²) in [6.07, 6.45) is 2.37. The third-order valence-electron chi connectivity index (χ3n) is 3.72. The number of piperidine rings is 1. The minimum absolute atomic E-state index is 0. The van der Waals surface area contributed by atoms with Crippen LogP contribution in [0, 0.1) is 0 Å². The number of nitrogens with zero attached hydrogens (tertiary/aromatic N) is 1. The van der Waals surface area contributed by atoms with Crippen molar-refractivity contribution in [2.45, 2.75) is 18.3 Å². The van der Waals surface area contributed by atoms with E-state index in [1.165, 1.54) is 18.4 Å². The molecule has 0 unspecified atom stereocenters. The first-order chi connectivity index (χ1) is 7.27. The van der Waals surface area contributed by atoms with Crippen LogP contribution < -0.4 is 5.73 Å². The largest absolute Gasteiger partial charge is 0.330 e. The molecule has 1 aliphatic rings. The molecule has 1 saturated heterocycles. The minimum atomic E-state index is 0. The van der Waals surface area contributed by atoms with E-state index < -0.39 is 0 Å². The maximum atomic E-state index is 6.00. The Morgan fingerprint density at radius 2 is 1.75 bits per heavy atom. The lowest BCUT2D eigenvalue weighted by molar-refractivity contribution is 0.191. The number of hydrogen-bond acceptors (Lipinski definition) is 2. The third kappa shape index (κ3) is 2.57. The summed E-state index contributed by atoms with van der Waals surface area (Å²) >= 11 is 0. The molecule has 0 atom stereocenters. The fourth-order valence-corrected chi connectivity index (χ4v) is 2.45. The van der Waals surface area contributed by atoms with Crippen LogP contribution in [0.5, 0.6) is 0 Å². The highest BCUT2D eigenvalue weighted by Crippen LogP contribution is 2.33. The van der Waals surface area contributed by atoms with Crippen molar-refractivity contribution < 1.29 is 0 Å². The average molecular weight is 241 g/mol. The zero-order chi connectivity index (χ0) is 10.7. The highest BCUT2D eigenvalue weighted by molar-refractivity contribution is 5.85. The van der Waals surface area contributed by atoms with Crippen LogP contribution in [0.25, 0.3) is 0 Å². The predicted octanol–water partition coefficient (Wildman–Crippen LogP) is 2.03. The lowest BCUT2D eigenvalue weighted by atomic mass is 9.73. The van der Waals surface area contributed by atoms with E-state index in [1.807, 2.05) is 0 Å². The average Bonchev–Trinajstić information content (AvgIpc) is 2.32. The SMILES string of the molecule is CN1CCC(CN)(c2ccccc2)CC1.Cl. The predicted molar refractivity (Wildman–Crippen MR) is 71.2 cm³/mol. The summed E-state index contributed by atoms with van der Waals surface area (Å²) in [5, 5.41) is 0. The van der Waals surface area contributed by atoms with Gasteiger partial charge in [0.15, 0.2) is 0 Å². The maximum Gasteiger partial charge on any atom is 0.00998 e. The molecule has 3 heteroatoms. The molecule has 0 aliphatic carbocycles. The van der Waals surface area contributed by atoms with E-state index in [1.54, 1.807) is 0 Å². The summed E-state index contributed by atoms with van der Waals surface area (Å²) in [7, 11) is 2.19. The molecule has 90 valence electrons. The molecule has 1 aromatic carbocycles. The monoisotopic (exact) mass is 240 g/mol. The van der Waals surface area contributed by atoms with Crippen LogP contribution in [0.3, 0.4) is 0 Å². The number of nitrogens with two attached hydrogens (primary N) is 1. The van der Waals surface area contributed by atoms with Crippen LogP contribution in [0.1, 0.15) is 18.4 Å². The van der Waals surface area contributed by atoms with Crippen LogP contribution >= 0.6 is 12.4 Å². The molecule has 2 N–H and O–H groups in total. The summed E-state index contributed by atoms with van der Waals surface area (Å²) in [6.45, 7) is 3.09. The van der Waals surface area contributed by atoms with Crippen LogP contribution in [0.4, 0.5) is 0 Å². The van der Waals surface area contributed by atoms with Gasteiger partial charge in [-0.1, -0.05) is 30.3 Å². The molecule has 0 saturated carbocycles. The molecule has 1 aliphatic heterocycles. The highest BCUT2D eigenvalue weighted by Gasteiger charge is 2.33. The van der Waals surface area contributed by atoms with E-state index >= 15 is 0 Å². The van der Waals surface area contributed by atoms with Crippen LogP contribution in [0.15, 0.2) is 30.3 Å². The molecule has 2 rings (SSSR count). The number of likely N-dealkylation sites (tertiary alicyclic amines) is 1. The Kier molecular flexibility index (Phi) is 4.78. The Morgan fingerprint density at radius 3 is 2.25 bits per heavy atom. The second-order valence-corrected chi connectivity index (χ2v) is 4.65. The van der Waals surface area contributed by atoms with Gasteiger partial charge in [-0.25, -0.2) is 0 Å². The molecular weight excluding hydrogens is 220 g/mol. The van der Waals surface area contributed by atoms with Crippen LogP contribution in [-0.2, 0) is 5.41 Å². The lowest BCUT2D eigenvalue weighted by Gasteiger charge is -2.40. The Labute approximate surface area is 104 Å². The van der Waals surface area contributed by atoms with Crippen molar-refractivity contribution in [1.82, 2.24) is 4.90 Å². The fraction of sp³-hybridized carbons (Fsp3) is 0.538. The van der Waals surface area contributed by atoms with Gasteiger partial charge in [-0.2, -0.15) is 0 Å². The van der Waals surface area contributed by atoms with E-state index in [2.05, 4.69) is 42.3 Å². The Morgan fingerprint density at radius 1 is 1.19 bits per heavy atom. The molecule has 0 spiro atoms. The van der Waals surface area contributed by atoms with Gasteiger partial charge in [-0.15, -0.1) is 12.4 Å². The molecule has 0 radical (unpaired) electrons. The second kappa shape index (κ2) is 5.67. The van der Waals surface area contributed by atoms with Gasteiger partial charge in [0.1, 0.15) is 0 Å². The maximum absolute atomic E-state index is 6.00. The molecule has 1 fully saturated rings. The third-order valence-corrected chi connectivity index (χ3v) is 3.72. The van der Waals surface area contributed by atoms with E-state index in [9.17, 15) is 0 Å². The molecule has 1 aromatic rings. The van der Waals surface area contributed by atoms with E-state index in [-0.39, 0.29) is 17.8 Å². The Balaban J connectivity index is 0.00000128. The first-order valence-corrected chi connectivity index (χ1v) is 5.71. The summed E-state index contributed by atoms with van der Waals surface area (Å²) in [5.41, 5.74) is 7.64. The topological polar surface area (TPSA) is 29.3 Å². The molecule has 16 heavy (non-hydrogen) atoms. The lowest BCUT2D eigenvalue weighted by Crippen LogP contribution is -2.45. The normalized spacial score (nSPS) is 20.1. The molecule has 2 nitrogen and oxygen atoms in total. The molecule has 0 bridgehead atoms. The van der Waals surface area contributed by atoms with Gasteiger partial charge in [0.25, 0.3) is 0 Å². The van der Waals surface area contributed by atoms with Gasteiger partial charge in [0, 0.05) is 12.0 Å². The zero-order valence-corrected chi connectivity index (χ0v) is 10.7. The number of hydrogen-bond donors (Lipinski definition) is 1. The molecule has 1 heterocycles. The smallest absolute Gasteiger partial charge is 0.00998 e. The number of benzene rings is 1. The summed E-state index contributed by atoms with van der Waals surface area (Å²) < 4.78 is 0. The van der Waals surface area contributed by atoms with Gasteiger partial charge in [-0.05, 0) is 38.5 Å². The zero-order valence-electron chi connectivity index (χ0n) is 9.86. The molecule has 0 amide bonds.